The summed E-state index contributed by atoms with van der Waals surface area (Å²) in [6.07, 6.45) is 4.73. The topological polar surface area (TPSA) is 87.0 Å². The van der Waals surface area contributed by atoms with Gasteiger partial charge in [-0.2, -0.15) is 5.10 Å². The number of aryl methyl sites for hydroxylation is 2. The smallest absolute Gasteiger partial charge is 0.241 e. The molecule has 1 heterocycles. The molecule has 1 amide bonds. The van der Waals surface area contributed by atoms with Crippen molar-refractivity contribution in [2.75, 3.05) is 20.1 Å². The van der Waals surface area contributed by atoms with E-state index in [4.69, 9.17) is 5.73 Å². The van der Waals surface area contributed by atoms with Crippen molar-refractivity contribution in [3.05, 3.63) is 17.0 Å². The Morgan fingerprint density at radius 3 is 2.59 bits per heavy atom. The number of H-pyrrole nitrogens is 1. The molecule has 22 heavy (non-hydrogen) atoms. The van der Waals surface area contributed by atoms with Gasteiger partial charge < -0.3 is 11.1 Å². The molecule has 0 spiro atoms. The summed E-state index contributed by atoms with van der Waals surface area (Å²) in [5.41, 5.74) is 8.69. The van der Waals surface area contributed by atoms with Crippen molar-refractivity contribution >= 4 is 5.91 Å². The van der Waals surface area contributed by atoms with Crippen LogP contribution in [0.4, 0.5) is 0 Å². The Bertz CT molecular complexity index is 499. The lowest BCUT2D eigenvalue weighted by Gasteiger charge is -2.38. The minimum absolute atomic E-state index is 0.0879. The predicted molar refractivity (Wildman–Crippen MR) is 87.5 cm³/mol. The Labute approximate surface area is 132 Å². The lowest BCUT2D eigenvalue weighted by Crippen LogP contribution is -2.53. The Kier molecular flexibility index (Phi) is 5.24. The van der Waals surface area contributed by atoms with E-state index in [9.17, 15) is 4.79 Å². The van der Waals surface area contributed by atoms with E-state index in [1.165, 1.54) is 12.8 Å². The van der Waals surface area contributed by atoms with E-state index in [1.54, 1.807) is 0 Å². The van der Waals surface area contributed by atoms with Crippen molar-refractivity contribution in [2.24, 2.45) is 5.73 Å². The fraction of sp³-hybridized carbons (Fsp3) is 0.750. The van der Waals surface area contributed by atoms with Crippen molar-refractivity contribution in [1.29, 1.82) is 0 Å². The minimum Gasteiger partial charge on any atom is -0.353 e. The first-order valence-corrected chi connectivity index (χ1v) is 8.17. The summed E-state index contributed by atoms with van der Waals surface area (Å²) in [5, 5.41) is 10.1. The Balaban J connectivity index is 2.02. The number of carbonyl (C=O) groups excluding carboxylic acids is 1. The number of nitrogens with two attached hydrogens (primary N) is 1. The highest BCUT2D eigenvalue weighted by molar-refractivity contribution is 5.83. The highest BCUT2D eigenvalue weighted by Crippen LogP contribution is 2.34. The quantitative estimate of drug-likeness (QED) is 0.741. The van der Waals surface area contributed by atoms with Crippen LogP contribution in [-0.2, 0) is 4.79 Å². The molecule has 2 rings (SSSR count). The molecule has 0 aromatic carbocycles. The summed E-state index contributed by atoms with van der Waals surface area (Å²) in [4.78, 5) is 14.8. The average molecular weight is 307 g/mol. The van der Waals surface area contributed by atoms with Gasteiger partial charge in [0.05, 0.1) is 5.69 Å². The van der Waals surface area contributed by atoms with Crippen LogP contribution in [0.3, 0.4) is 0 Å². The van der Waals surface area contributed by atoms with Gasteiger partial charge in [0.1, 0.15) is 6.04 Å². The normalized spacial score (nSPS) is 18.6. The number of nitrogens with zero attached hydrogens (tertiary/aromatic N) is 2. The molecule has 6 heteroatoms. The number of hydrogen-bond donors (Lipinski definition) is 3. The molecular formula is C16H29N5O. The van der Waals surface area contributed by atoms with Gasteiger partial charge in [0.2, 0.25) is 5.91 Å². The number of likely N-dealkylation sites (N-methyl/N-ethyl adjacent to an activating group) is 1. The number of carbonyl (C=O) groups is 1. The fourth-order valence-electron chi connectivity index (χ4n) is 3.57. The van der Waals surface area contributed by atoms with Crippen molar-refractivity contribution in [3.63, 3.8) is 0 Å². The van der Waals surface area contributed by atoms with Crippen LogP contribution in [0.2, 0.25) is 0 Å². The van der Waals surface area contributed by atoms with E-state index in [-0.39, 0.29) is 11.4 Å². The first-order valence-electron chi connectivity index (χ1n) is 8.17. The first kappa shape index (κ1) is 17.0. The minimum atomic E-state index is -0.663. The predicted octanol–water partition coefficient (Wildman–Crippen LogP) is 1.41. The van der Waals surface area contributed by atoms with Gasteiger partial charge in [-0.15, -0.1) is 0 Å². The lowest BCUT2D eigenvalue weighted by molar-refractivity contribution is -0.123. The maximum Gasteiger partial charge on any atom is 0.241 e. The van der Waals surface area contributed by atoms with Gasteiger partial charge in [-0.25, -0.2) is 0 Å². The third-order valence-electron chi connectivity index (χ3n) is 5.19. The van der Waals surface area contributed by atoms with Crippen LogP contribution < -0.4 is 11.1 Å². The second-order valence-corrected chi connectivity index (χ2v) is 6.49. The summed E-state index contributed by atoms with van der Waals surface area (Å²) >= 11 is 0. The van der Waals surface area contributed by atoms with Crippen LogP contribution in [0.1, 0.15) is 55.6 Å². The molecule has 0 unspecified atom stereocenters. The highest BCUT2D eigenvalue weighted by atomic mass is 16.2. The monoisotopic (exact) mass is 307 g/mol. The zero-order valence-corrected chi connectivity index (χ0v) is 14.2. The summed E-state index contributed by atoms with van der Waals surface area (Å²) < 4.78 is 0. The Morgan fingerprint density at radius 2 is 2.09 bits per heavy atom. The SMILES string of the molecule is CCN(C)C1(CNC(=O)[C@H](N)c2c(C)n[nH]c2C)CCCC1. The molecule has 1 saturated carbocycles. The fourth-order valence-corrected chi connectivity index (χ4v) is 3.57. The molecule has 1 aromatic heterocycles. The summed E-state index contributed by atoms with van der Waals surface area (Å²) in [6, 6.07) is -0.663. The van der Waals surface area contributed by atoms with E-state index in [1.807, 2.05) is 13.8 Å². The molecule has 1 aliphatic rings. The highest BCUT2D eigenvalue weighted by Gasteiger charge is 2.37. The van der Waals surface area contributed by atoms with Crippen LogP contribution in [-0.4, -0.2) is 46.7 Å². The van der Waals surface area contributed by atoms with E-state index in [0.29, 0.717) is 6.54 Å². The largest absolute Gasteiger partial charge is 0.353 e. The molecule has 1 fully saturated rings. The average Bonchev–Trinajstić information content (AvgIpc) is 3.11. The molecule has 0 radical (unpaired) electrons. The lowest BCUT2D eigenvalue weighted by atomic mass is 9.95. The van der Waals surface area contributed by atoms with Crippen molar-refractivity contribution < 1.29 is 4.79 Å². The number of rotatable bonds is 6. The Morgan fingerprint density at radius 1 is 1.45 bits per heavy atom. The number of aromatic nitrogens is 2. The van der Waals surface area contributed by atoms with E-state index < -0.39 is 6.04 Å². The van der Waals surface area contributed by atoms with Gasteiger partial charge in [-0.05, 0) is 40.3 Å². The zero-order valence-electron chi connectivity index (χ0n) is 14.2. The molecular weight excluding hydrogens is 278 g/mol. The van der Waals surface area contributed by atoms with Crippen molar-refractivity contribution in [2.45, 2.75) is 58.0 Å². The molecule has 1 aliphatic carbocycles. The number of hydrogen-bond acceptors (Lipinski definition) is 4. The molecule has 0 saturated heterocycles. The first-order chi connectivity index (χ1) is 10.4. The van der Waals surface area contributed by atoms with Crippen LogP contribution >= 0.6 is 0 Å². The molecule has 0 bridgehead atoms. The van der Waals surface area contributed by atoms with Gasteiger partial charge >= 0.3 is 0 Å². The van der Waals surface area contributed by atoms with Crippen LogP contribution in [0.15, 0.2) is 0 Å². The molecule has 6 nitrogen and oxygen atoms in total. The maximum atomic E-state index is 12.5. The van der Waals surface area contributed by atoms with Crippen molar-refractivity contribution in [1.82, 2.24) is 20.4 Å². The second kappa shape index (κ2) is 6.79. The van der Waals surface area contributed by atoms with Gasteiger partial charge in [0, 0.05) is 23.3 Å². The Hall–Kier alpha value is -1.40. The van der Waals surface area contributed by atoms with Crippen LogP contribution in [0.5, 0.6) is 0 Å². The number of nitrogens with one attached hydrogen (secondary N) is 2. The third-order valence-corrected chi connectivity index (χ3v) is 5.19. The van der Waals surface area contributed by atoms with E-state index >= 15 is 0 Å². The molecule has 1 aromatic rings. The molecule has 1 atom stereocenters. The van der Waals surface area contributed by atoms with Gasteiger partial charge in [0.15, 0.2) is 0 Å². The second-order valence-electron chi connectivity index (χ2n) is 6.49. The zero-order chi connectivity index (χ0) is 16.3. The van der Waals surface area contributed by atoms with Gasteiger partial charge in [-0.3, -0.25) is 14.8 Å². The summed E-state index contributed by atoms with van der Waals surface area (Å²) in [5.74, 6) is -0.122. The van der Waals surface area contributed by atoms with E-state index in [0.717, 1.165) is 36.3 Å². The standard InChI is InChI=1S/C16H29N5O/c1-5-21(4)16(8-6-7-9-16)10-18-15(22)14(17)13-11(2)19-20-12(13)3/h14H,5-10,17H2,1-4H3,(H,18,22)(H,19,20)/t14-/m1/s1. The summed E-state index contributed by atoms with van der Waals surface area (Å²) in [7, 11) is 2.14. The van der Waals surface area contributed by atoms with Crippen molar-refractivity contribution in [3.8, 4) is 0 Å². The molecule has 0 aliphatic heterocycles. The molecule has 124 valence electrons. The number of aromatic amines is 1. The number of amides is 1. The van der Waals surface area contributed by atoms with Gasteiger partial charge in [0.25, 0.3) is 0 Å². The summed E-state index contributed by atoms with van der Waals surface area (Å²) in [6.45, 7) is 7.58. The third kappa shape index (κ3) is 3.17. The van der Waals surface area contributed by atoms with E-state index in [2.05, 4.69) is 34.4 Å². The molecule has 4 N–H and O–H groups in total. The van der Waals surface area contributed by atoms with Crippen LogP contribution in [0, 0.1) is 13.8 Å². The maximum absolute atomic E-state index is 12.5. The van der Waals surface area contributed by atoms with Crippen LogP contribution in [0.25, 0.3) is 0 Å². The van der Waals surface area contributed by atoms with Gasteiger partial charge in [-0.1, -0.05) is 19.8 Å².